The SMILES string of the molecule is CCc1cccc(Nc2nc(Nc3cc(OC)c(OC)c(OC)c3)ncc2F)c1NS(C)(=O)=O. The predicted molar refractivity (Wildman–Crippen MR) is 129 cm³/mol. The van der Waals surface area contributed by atoms with Crippen LogP contribution in [0, 0.1) is 5.82 Å². The molecule has 0 spiro atoms. The molecule has 0 atom stereocenters. The highest BCUT2D eigenvalue weighted by Gasteiger charge is 2.17. The molecule has 1 aromatic heterocycles. The van der Waals surface area contributed by atoms with E-state index >= 15 is 0 Å². The number of ether oxygens (including phenoxy) is 3. The van der Waals surface area contributed by atoms with Crippen LogP contribution in [0.1, 0.15) is 12.5 Å². The third-order valence-corrected chi connectivity index (χ3v) is 5.31. The molecule has 1 heterocycles. The number of aromatic nitrogens is 2. The van der Waals surface area contributed by atoms with Crippen molar-refractivity contribution in [2.75, 3.05) is 42.9 Å². The van der Waals surface area contributed by atoms with Crippen molar-refractivity contribution in [1.82, 2.24) is 9.97 Å². The van der Waals surface area contributed by atoms with E-state index in [2.05, 4.69) is 25.3 Å². The molecule has 12 heteroatoms. The van der Waals surface area contributed by atoms with Gasteiger partial charge in [0.15, 0.2) is 23.1 Å². The van der Waals surface area contributed by atoms with Gasteiger partial charge in [0.2, 0.25) is 21.7 Å². The van der Waals surface area contributed by atoms with E-state index in [0.717, 1.165) is 18.0 Å². The topological polar surface area (TPSA) is 124 Å². The molecule has 0 aliphatic rings. The Morgan fingerprint density at radius 3 is 2.26 bits per heavy atom. The van der Waals surface area contributed by atoms with Crippen LogP contribution in [0.3, 0.4) is 0 Å². The first-order chi connectivity index (χ1) is 16.2. The number of anilines is 5. The molecule has 0 fully saturated rings. The van der Waals surface area contributed by atoms with E-state index in [4.69, 9.17) is 14.2 Å². The maximum absolute atomic E-state index is 14.6. The molecule has 0 saturated carbocycles. The molecule has 0 radical (unpaired) electrons. The van der Waals surface area contributed by atoms with Crippen molar-refractivity contribution in [2.45, 2.75) is 13.3 Å². The lowest BCUT2D eigenvalue weighted by atomic mass is 10.1. The zero-order chi connectivity index (χ0) is 24.9. The standard InChI is InChI=1S/C22H26FN5O5S/c1-6-13-8-7-9-16(19(13)28-34(5,29)30)26-21-15(23)12-24-22(27-21)25-14-10-17(31-2)20(33-4)18(11-14)32-3/h7-12,28H,6H2,1-5H3,(H2,24,25,26,27). The van der Waals surface area contributed by atoms with E-state index in [9.17, 15) is 12.8 Å². The number of rotatable bonds is 10. The van der Waals surface area contributed by atoms with Gasteiger partial charge in [-0.1, -0.05) is 19.1 Å². The van der Waals surface area contributed by atoms with Crippen molar-refractivity contribution in [3.05, 3.63) is 47.9 Å². The number of nitrogens with one attached hydrogen (secondary N) is 3. The molecule has 34 heavy (non-hydrogen) atoms. The summed E-state index contributed by atoms with van der Waals surface area (Å²) in [5, 5.41) is 5.84. The summed E-state index contributed by atoms with van der Waals surface area (Å²) in [6, 6.07) is 8.45. The molecule has 0 unspecified atom stereocenters. The lowest BCUT2D eigenvalue weighted by Crippen LogP contribution is -2.13. The summed E-state index contributed by atoms with van der Waals surface area (Å²) >= 11 is 0. The first-order valence-electron chi connectivity index (χ1n) is 10.1. The van der Waals surface area contributed by atoms with Gasteiger partial charge in [-0.05, 0) is 18.1 Å². The van der Waals surface area contributed by atoms with Gasteiger partial charge in [0, 0.05) is 17.8 Å². The van der Waals surface area contributed by atoms with Crippen LogP contribution in [-0.4, -0.2) is 46.0 Å². The van der Waals surface area contributed by atoms with Crippen LogP contribution in [0.4, 0.5) is 33.2 Å². The van der Waals surface area contributed by atoms with Crippen molar-refractivity contribution >= 4 is 38.9 Å². The van der Waals surface area contributed by atoms with Crippen LogP contribution >= 0.6 is 0 Å². The average Bonchev–Trinajstić information content (AvgIpc) is 2.80. The molecule has 0 aliphatic carbocycles. The Morgan fingerprint density at radius 1 is 1.03 bits per heavy atom. The van der Waals surface area contributed by atoms with Crippen LogP contribution in [0.25, 0.3) is 0 Å². The van der Waals surface area contributed by atoms with Gasteiger partial charge in [0.1, 0.15) is 0 Å². The number of hydrogen-bond acceptors (Lipinski definition) is 9. The summed E-state index contributed by atoms with van der Waals surface area (Å²) in [5.74, 6) is 0.467. The fourth-order valence-electron chi connectivity index (χ4n) is 3.23. The van der Waals surface area contributed by atoms with Crippen LogP contribution in [0.5, 0.6) is 17.2 Å². The smallest absolute Gasteiger partial charge is 0.229 e. The zero-order valence-electron chi connectivity index (χ0n) is 19.4. The fraction of sp³-hybridized carbons (Fsp3) is 0.273. The van der Waals surface area contributed by atoms with Gasteiger partial charge >= 0.3 is 0 Å². The van der Waals surface area contributed by atoms with Crippen LogP contribution in [0.2, 0.25) is 0 Å². The van der Waals surface area contributed by atoms with E-state index in [1.807, 2.05) is 6.92 Å². The summed E-state index contributed by atoms with van der Waals surface area (Å²) in [7, 11) is 0.910. The minimum atomic E-state index is -3.57. The maximum Gasteiger partial charge on any atom is 0.229 e. The van der Waals surface area contributed by atoms with Gasteiger partial charge in [-0.25, -0.2) is 17.8 Å². The van der Waals surface area contributed by atoms with E-state index in [0.29, 0.717) is 40.7 Å². The monoisotopic (exact) mass is 491 g/mol. The summed E-state index contributed by atoms with van der Waals surface area (Å²) < 4.78 is 56.8. The molecule has 0 bridgehead atoms. The first-order valence-corrected chi connectivity index (χ1v) is 12.0. The molecule has 2 aromatic carbocycles. The Labute approximate surface area is 197 Å². The molecule has 3 N–H and O–H groups in total. The number of hydrogen-bond donors (Lipinski definition) is 3. The molecule has 10 nitrogen and oxygen atoms in total. The van der Waals surface area contributed by atoms with Gasteiger partial charge in [-0.3, -0.25) is 4.72 Å². The third kappa shape index (κ3) is 5.76. The van der Waals surface area contributed by atoms with Gasteiger partial charge in [0.25, 0.3) is 0 Å². The number of methoxy groups -OCH3 is 3. The summed E-state index contributed by atoms with van der Waals surface area (Å²) in [6.07, 6.45) is 2.62. The van der Waals surface area contributed by atoms with E-state index in [1.54, 1.807) is 30.3 Å². The van der Waals surface area contributed by atoms with Crippen LogP contribution in [0.15, 0.2) is 36.5 Å². The molecule has 3 rings (SSSR count). The van der Waals surface area contributed by atoms with Crippen molar-refractivity contribution in [3.63, 3.8) is 0 Å². The van der Waals surface area contributed by atoms with Crippen molar-refractivity contribution in [1.29, 1.82) is 0 Å². The second-order valence-corrected chi connectivity index (χ2v) is 8.87. The molecule has 3 aromatic rings. The first kappa shape index (κ1) is 24.8. The lowest BCUT2D eigenvalue weighted by molar-refractivity contribution is 0.324. The molecule has 0 saturated heterocycles. The Morgan fingerprint density at radius 2 is 1.71 bits per heavy atom. The number of sulfonamides is 1. The van der Waals surface area contributed by atoms with Gasteiger partial charge in [-0.2, -0.15) is 4.98 Å². The zero-order valence-corrected chi connectivity index (χ0v) is 20.2. The summed E-state index contributed by atoms with van der Waals surface area (Å²) in [5.41, 5.74) is 1.92. The van der Waals surface area contributed by atoms with Crippen molar-refractivity contribution in [2.24, 2.45) is 0 Å². The second kappa shape index (κ2) is 10.4. The second-order valence-electron chi connectivity index (χ2n) is 7.12. The highest BCUT2D eigenvalue weighted by atomic mass is 32.2. The van der Waals surface area contributed by atoms with Gasteiger partial charge < -0.3 is 24.8 Å². The highest BCUT2D eigenvalue weighted by Crippen LogP contribution is 2.40. The van der Waals surface area contributed by atoms with Crippen LogP contribution in [-0.2, 0) is 16.4 Å². The minimum absolute atomic E-state index is 0.0856. The summed E-state index contributed by atoms with van der Waals surface area (Å²) in [4.78, 5) is 8.19. The normalized spacial score (nSPS) is 11.0. The molecular formula is C22H26FN5O5S. The number of para-hydroxylation sites is 1. The Kier molecular flexibility index (Phi) is 7.61. The van der Waals surface area contributed by atoms with Gasteiger partial charge in [0.05, 0.1) is 45.2 Å². The van der Waals surface area contributed by atoms with E-state index in [1.165, 1.54) is 21.3 Å². The maximum atomic E-state index is 14.6. The largest absolute Gasteiger partial charge is 0.493 e. The van der Waals surface area contributed by atoms with Crippen molar-refractivity contribution in [3.8, 4) is 17.2 Å². The van der Waals surface area contributed by atoms with E-state index in [-0.39, 0.29) is 11.8 Å². The van der Waals surface area contributed by atoms with Crippen LogP contribution < -0.4 is 29.6 Å². The lowest BCUT2D eigenvalue weighted by Gasteiger charge is -2.17. The predicted octanol–water partition coefficient (Wildman–Crippen LogP) is 4.06. The number of nitrogens with zero attached hydrogens (tertiary/aromatic N) is 2. The number of halogens is 1. The molecule has 182 valence electrons. The quantitative estimate of drug-likeness (QED) is 0.385. The highest BCUT2D eigenvalue weighted by molar-refractivity contribution is 7.92. The Balaban J connectivity index is 1.96. The molecule has 0 amide bonds. The van der Waals surface area contributed by atoms with E-state index < -0.39 is 15.8 Å². The third-order valence-electron chi connectivity index (χ3n) is 4.74. The number of aryl methyl sites for hydroxylation is 1. The van der Waals surface area contributed by atoms with Gasteiger partial charge in [-0.15, -0.1) is 0 Å². The Bertz CT molecular complexity index is 1260. The van der Waals surface area contributed by atoms with Crippen molar-refractivity contribution < 1.29 is 27.0 Å². The molecular weight excluding hydrogens is 465 g/mol. The number of benzene rings is 2. The average molecular weight is 492 g/mol. The minimum Gasteiger partial charge on any atom is -0.493 e. The fourth-order valence-corrected chi connectivity index (χ4v) is 3.84. The summed E-state index contributed by atoms with van der Waals surface area (Å²) in [6.45, 7) is 1.89. The molecule has 0 aliphatic heterocycles. The Hall–Kier alpha value is -3.80.